The quantitative estimate of drug-likeness (QED) is 0.456. The summed E-state index contributed by atoms with van der Waals surface area (Å²) in [4.78, 5) is 24.4. The number of anilines is 1. The van der Waals surface area contributed by atoms with Crippen LogP contribution in [0.2, 0.25) is 0 Å². The Balaban J connectivity index is 1.42. The van der Waals surface area contributed by atoms with E-state index >= 15 is 0 Å². The summed E-state index contributed by atoms with van der Waals surface area (Å²) in [7, 11) is 0. The van der Waals surface area contributed by atoms with Gasteiger partial charge < -0.3 is 10.2 Å². The second-order valence-corrected chi connectivity index (χ2v) is 10.7. The van der Waals surface area contributed by atoms with E-state index < -0.39 is 0 Å². The molecule has 7 nitrogen and oxygen atoms in total. The van der Waals surface area contributed by atoms with E-state index in [1.165, 1.54) is 44.9 Å². The summed E-state index contributed by atoms with van der Waals surface area (Å²) in [5.74, 6) is 1.92. The Morgan fingerprint density at radius 3 is 2.68 bits per heavy atom. The van der Waals surface area contributed by atoms with Gasteiger partial charge in [0.15, 0.2) is 10.8 Å². The number of hydrogen-bond acceptors (Lipinski definition) is 6. The molecule has 2 aromatic heterocycles. The maximum atomic E-state index is 12.3. The second-order valence-electron chi connectivity index (χ2n) is 9.19. The van der Waals surface area contributed by atoms with Crippen molar-refractivity contribution in [3.05, 3.63) is 6.20 Å². The molecule has 0 aromatic carbocycles. The molecule has 2 aliphatic rings. The number of fused-ring (bicyclic) bond motifs is 1. The molecule has 170 valence electrons. The highest BCUT2D eigenvalue weighted by molar-refractivity contribution is 7.99. The second kappa shape index (κ2) is 10.7. The third-order valence-corrected chi connectivity index (χ3v) is 7.22. The molecule has 1 aliphatic carbocycles. The minimum atomic E-state index is 0.156. The number of nitrogens with one attached hydrogen (secondary N) is 1. The standard InChI is InChI=1S/C23H36N6OS/c1-17(2)31-23-26-21(28-13-6-3-7-14-28)19-16-25-29(22(19)27-23)15-12-24-20(30)11-10-18-8-4-5-9-18/h16-18H,3-15H2,1-2H3,(H,24,30). The highest BCUT2D eigenvalue weighted by Gasteiger charge is 2.21. The van der Waals surface area contributed by atoms with Crippen LogP contribution < -0.4 is 10.2 Å². The van der Waals surface area contributed by atoms with Crippen LogP contribution in [0.25, 0.3) is 11.0 Å². The summed E-state index contributed by atoms with van der Waals surface area (Å²) in [5.41, 5.74) is 0.874. The number of nitrogens with zero attached hydrogens (tertiary/aromatic N) is 5. The van der Waals surface area contributed by atoms with Gasteiger partial charge in [-0.2, -0.15) is 5.10 Å². The Hall–Kier alpha value is -1.83. The lowest BCUT2D eigenvalue weighted by Crippen LogP contribution is -2.30. The van der Waals surface area contributed by atoms with E-state index in [9.17, 15) is 4.79 Å². The fraction of sp³-hybridized carbons (Fsp3) is 0.739. The van der Waals surface area contributed by atoms with Crippen molar-refractivity contribution < 1.29 is 4.79 Å². The van der Waals surface area contributed by atoms with E-state index in [0.29, 0.717) is 24.8 Å². The average Bonchev–Trinajstić information content (AvgIpc) is 3.42. The summed E-state index contributed by atoms with van der Waals surface area (Å²) in [6.07, 6.45) is 12.5. The molecule has 2 aromatic rings. The number of carbonyl (C=O) groups is 1. The minimum Gasteiger partial charge on any atom is -0.356 e. The maximum absolute atomic E-state index is 12.3. The van der Waals surface area contributed by atoms with Crippen LogP contribution in [-0.2, 0) is 11.3 Å². The van der Waals surface area contributed by atoms with Crippen molar-refractivity contribution in [2.45, 2.75) is 88.6 Å². The Kier molecular flexibility index (Phi) is 7.69. The lowest BCUT2D eigenvalue weighted by atomic mass is 10.0. The van der Waals surface area contributed by atoms with Gasteiger partial charge in [-0.1, -0.05) is 51.3 Å². The number of piperidine rings is 1. The molecule has 2 fully saturated rings. The average molecular weight is 445 g/mol. The Bertz CT molecular complexity index is 870. The van der Waals surface area contributed by atoms with Gasteiger partial charge in [0.25, 0.3) is 0 Å². The number of rotatable bonds is 9. The highest BCUT2D eigenvalue weighted by atomic mass is 32.2. The highest BCUT2D eigenvalue weighted by Crippen LogP contribution is 2.30. The summed E-state index contributed by atoms with van der Waals surface area (Å²) >= 11 is 1.69. The molecule has 4 rings (SSSR count). The first-order valence-electron chi connectivity index (χ1n) is 12.0. The van der Waals surface area contributed by atoms with Crippen LogP contribution in [0.3, 0.4) is 0 Å². The smallest absolute Gasteiger partial charge is 0.220 e. The van der Waals surface area contributed by atoms with Crippen LogP contribution in [0.5, 0.6) is 0 Å². The zero-order valence-corrected chi connectivity index (χ0v) is 19.8. The predicted octanol–water partition coefficient (Wildman–Crippen LogP) is 4.40. The van der Waals surface area contributed by atoms with Crippen LogP contribution in [0.4, 0.5) is 5.82 Å². The van der Waals surface area contributed by atoms with Crippen molar-refractivity contribution in [1.82, 2.24) is 25.1 Å². The number of carbonyl (C=O) groups excluding carboxylic acids is 1. The van der Waals surface area contributed by atoms with Gasteiger partial charge in [0.1, 0.15) is 5.82 Å². The molecule has 0 spiro atoms. The van der Waals surface area contributed by atoms with E-state index in [4.69, 9.17) is 9.97 Å². The molecule has 8 heteroatoms. The number of thioether (sulfide) groups is 1. The summed E-state index contributed by atoms with van der Waals surface area (Å²) in [6, 6.07) is 0. The van der Waals surface area contributed by atoms with Crippen molar-refractivity contribution in [1.29, 1.82) is 0 Å². The fourth-order valence-corrected chi connectivity index (χ4v) is 5.42. The van der Waals surface area contributed by atoms with Crippen molar-refractivity contribution in [3.63, 3.8) is 0 Å². The number of aromatic nitrogens is 4. The van der Waals surface area contributed by atoms with Gasteiger partial charge in [-0.3, -0.25) is 4.79 Å². The van der Waals surface area contributed by atoms with Crippen LogP contribution >= 0.6 is 11.8 Å². The van der Waals surface area contributed by atoms with Gasteiger partial charge in [-0.05, 0) is 31.6 Å². The van der Waals surface area contributed by atoms with Crippen molar-refractivity contribution in [2.75, 3.05) is 24.5 Å². The molecule has 1 aliphatic heterocycles. The lowest BCUT2D eigenvalue weighted by molar-refractivity contribution is -0.121. The zero-order valence-electron chi connectivity index (χ0n) is 19.0. The van der Waals surface area contributed by atoms with E-state index in [1.807, 2.05) is 10.9 Å². The van der Waals surface area contributed by atoms with E-state index in [2.05, 4.69) is 29.2 Å². The molecule has 31 heavy (non-hydrogen) atoms. The molecule has 1 saturated heterocycles. The SMILES string of the molecule is CC(C)Sc1nc(N2CCCCC2)c2cnn(CCNC(=O)CCC3CCCC3)c2n1. The summed E-state index contributed by atoms with van der Waals surface area (Å²) in [6.45, 7) is 7.62. The molecule has 0 bridgehead atoms. The first-order valence-corrected chi connectivity index (χ1v) is 12.9. The van der Waals surface area contributed by atoms with Gasteiger partial charge >= 0.3 is 0 Å². The summed E-state index contributed by atoms with van der Waals surface area (Å²) in [5, 5.41) is 9.93. The fourth-order valence-electron chi connectivity index (χ4n) is 4.72. The molecular formula is C23H36N6OS. The summed E-state index contributed by atoms with van der Waals surface area (Å²) < 4.78 is 1.92. The molecule has 1 saturated carbocycles. The van der Waals surface area contributed by atoms with E-state index in [-0.39, 0.29) is 5.91 Å². The van der Waals surface area contributed by atoms with Crippen molar-refractivity contribution in [2.24, 2.45) is 5.92 Å². The molecule has 3 heterocycles. The van der Waals surface area contributed by atoms with Crippen LogP contribution in [-0.4, -0.2) is 50.5 Å². The molecule has 0 atom stereocenters. The first kappa shape index (κ1) is 22.4. The van der Waals surface area contributed by atoms with Gasteiger partial charge in [-0.25, -0.2) is 14.6 Å². The van der Waals surface area contributed by atoms with E-state index in [1.54, 1.807) is 11.8 Å². The van der Waals surface area contributed by atoms with Gasteiger partial charge in [0, 0.05) is 31.3 Å². The maximum Gasteiger partial charge on any atom is 0.220 e. The van der Waals surface area contributed by atoms with Crippen molar-refractivity contribution >= 4 is 34.5 Å². The monoisotopic (exact) mass is 444 g/mol. The molecule has 0 unspecified atom stereocenters. The Morgan fingerprint density at radius 1 is 1.16 bits per heavy atom. The zero-order chi connectivity index (χ0) is 21.6. The third kappa shape index (κ3) is 5.90. The van der Waals surface area contributed by atoms with Gasteiger partial charge in [0.05, 0.1) is 18.1 Å². The minimum absolute atomic E-state index is 0.156. The topological polar surface area (TPSA) is 75.9 Å². The van der Waals surface area contributed by atoms with E-state index in [0.717, 1.165) is 47.4 Å². The molecule has 1 amide bonds. The Morgan fingerprint density at radius 2 is 1.94 bits per heavy atom. The third-order valence-electron chi connectivity index (χ3n) is 6.35. The van der Waals surface area contributed by atoms with Crippen LogP contribution in [0, 0.1) is 5.92 Å². The first-order chi connectivity index (χ1) is 15.1. The number of hydrogen-bond donors (Lipinski definition) is 1. The largest absolute Gasteiger partial charge is 0.356 e. The Labute approximate surface area is 189 Å². The van der Waals surface area contributed by atoms with Gasteiger partial charge in [0.2, 0.25) is 5.91 Å². The van der Waals surface area contributed by atoms with Gasteiger partial charge in [-0.15, -0.1) is 0 Å². The number of amides is 1. The lowest BCUT2D eigenvalue weighted by Gasteiger charge is -2.28. The molecular weight excluding hydrogens is 408 g/mol. The normalized spacial score (nSPS) is 17.7. The molecule has 1 N–H and O–H groups in total. The predicted molar refractivity (Wildman–Crippen MR) is 127 cm³/mol. The molecule has 0 radical (unpaired) electrons. The van der Waals surface area contributed by atoms with Crippen molar-refractivity contribution in [3.8, 4) is 0 Å². The van der Waals surface area contributed by atoms with Crippen LogP contribution in [0.1, 0.15) is 71.6 Å². The van der Waals surface area contributed by atoms with Crippen LogP contribution in [0.15, 0.2) is 11.4 Å².